The standard InChI is InChI=1S/C29H25F9O/c1-2-3-16-4-6-17(7-5-16)18-8-10-19(11-9-18)21-12-13-22(27(33)26(21)32)29(37,38)39-20-14-23(30)25(24(31)15-20)28(34,35)36/h8-17H,2-7H2,1H3. The Morgan fingerprint density at radius 1 is 0.769 bits per heavy atom. The van der Waals surface area contributed by atoms with Gasteiger partial charge in [-0.15, -0.1) is 0 Å². The van der Waals surface area contributed by atoms with Gasteiger partial charge in [-0.25, -0.2) is 17.6 Å². The molecule has 0 heterocycles. The molecule has 3 aromatic carbocycles. The highest BCUT2D eigenvalue weighted by atomic mass is 19.4. The molecule has 0 N–H and O–H groups in total. The maximum absolute atomic E-state index is 14.9. The van der Waals surface area contributed by atoms with Crippen LogP contribution in [0.3, 0.4) is 0 Å². The second-order valence-corrected chi connectivity index (χ2v) is 9.80. The quantitative estimate of drug-likeness (QED) is 0.261. The number of hydrogen-bond acceptors (Lipinski definition) is 1. The van der Waals surface area contributed by atoms with Crippen molar-refractivity contribution in [3.63, 3.8) is 0 Å². The molecule has 0 saturated heterocycles. The Morgan fingerprint density at radius 3 is 1.90 bits per heavy atom. The Bertz CT molecular complexity index is 1280. The van der Waals surface area contributed by atoms with Crippen LogP contribution in [0, 0.1) is 29.2 Å². The number of halogens is 9. The lowest BCUT2D eigenvalue weighted by molar-refractivity contribution is -0.188. The zero-order valence-corrected chi connectivity index (χ0v) is 20.8. The fourth-order valence-electron chi connectivity index (χ4n) is 5.21. The number of alkyl halides is 5. The summed E-state index contributed by atoms with van der Waals surface area (Å²) in [5.41, 5.74) is -2.88. The third-order valence-corrected chi connectivity index (χ3v) is 7.18. The van der Waals surface area contributed by atoms with Crippen molar-refractivity contribution in [2.75, 3.05) is 0 Å². The Kier molecular flexibility index (Phi) is 8.23. The van der Waals surface area contributed by atoms with E-state index in [4.69, 9.17) is 0 Å². The van der Waals surface area contributed by atoms with Gasteiger partial charge in [0.25, 0.3) is 0 Å². The van der Waals surface area contributed by atoms with E-state index in [1.165, 1.54) is 6.42 Å². The van der Waals surface area contributed by atoms with Crippen LogP contribution >= 0.6 is 0 Å². The SMILES string of the molecule is CCCC1CCC(c2ccc(-c3ccc(C(F)(F)Oc4cc(F)c(C(F)(F)F)c(F)c4)c(F)c3F)cc2)CC1. The van der Waals surface area contributed by atoms with Crippen LogP contribution in [-0.2, 0) is 12.3 Å². The number of ether oxygens (including phenoxy) is 1. The molecule has 1 aliphatic carbocycles. The molecule has 39 heavy (non-hydrogen) atoms. The first-order valence-corrected chi connectivity index (χ1v) is 12.5. The molecular weight excluding hydrogens is 535 g/mol. The molecule has 1 saturated carbocycles. The van der Waals surface area contributed by atoms with Gasteiger partial charge >= 0.3 is 12.3 Å². The summed E-state index contributed by atoms with van der Waals surface area (Å²) in [5, 5.41) is 0. The predicted molar refractivity (Wildman–Crippen MR) is 127 cm³/mol. The normalized spacial score (nSPS) is 18.3. The molecule has 0 radical (unpaired) electrons. The minimum Gasteiger partial charge on any atom is -0.429 e. The Labute approximate surface area is 219 Å². The summed E-state index contributed by atoms with van der Waals surface area (Å²) in [6.07, 6.45) is -3.42. The Balaban J connectivity index is 1.53. The van der Waals surface area contributed by atoms with E-state index in [1.54, 1.807) is 24.3 Å². The van der Waals surface area contributed by atoms with Crippen LogP contribution in [0.1, 0.15) is 68.1 Å². The van der Waals surface area contributed by atoms with Crippen molar-refractivity contribution in [1.82, 2.24) is 0 Å². The van der Waals surface area contributed by atoms with Crippen LogP contribution in [-0.4, -0.2) is 0 Å². The molecule has 10 heteroatoms. The van der Waals surface area contributed by atoms with Crippen molar-refractivity contribution in [2.45, 2.75) is 63.7 Å². The summed E-state index contributed by atoms with van der Waals surface area (Å²) in [6.45, 7) is 2.16. The molecule has 4 rings (SSSR count). The summed E-state index contributed by atoms with van der Waals surface area (Å²) < 4.78 is 129. The van der Waals surface area contributed by atoms with Gasteiger partial charge in [0.15, 0.2) is 11.6 Å². The highest BCUT2D eigenvalue weighted by Gasteiger charge is 2.42. The maximum atomic E-state index is 14.9. The molecule has 1 nitrogen and oxygen atoms in total. The van der Waals surface area contributed by atoms with Crippen LogP contribution in [0.25, 0.3) is 11.1 Å². The first-order valence-electron chi connectivity index (χ1n) is 12.5. The summed E-state index contributed by atoms with van der Waals surface area (Å²) in [4.78, 5) is 0. The van der Waals surface area contributed by atoms with Gasteiger partial charge in [0.1, 0.15) is 28.5 Å². The molecule has 0 aliphatic heterocycles. The number of hydrogen-bond donors (Lipinski definition) is 0. The zero-order valence-electron chi connectivity index (χ0n) is 20.8. The minimum absolute atomic E-state index is 0.111. The van der Waals surface area contributed by atoms with Gasteiger partial charge in [0.2, 0.25) is 0 Å². The molecule has 1 fully saturated rings. The van der Waals surface area contributed by atoms with Crippen molar-refractivity contribution in [2.24, 2.45) is 5.92 Å². The fraction of sp³-hybridized carbons (Fsp3) is 0.379. The first-order chi connectivity index (χ1) is 18.3. The third kappa shape index (κ3) is 6.20. The van der Waals surface area contributed by atoms with Crippen LogP contribution in [0.15, 0.2) is 48.5 Å². The van der Waals surface area contributed by atoms with Gasteiger partial charge in [-0.2, -0.15) is 22.0 Å². The average Bonchev–Trinajstić information content (AvgIpc) is 2.85. The topological polar surface area (TPSA) is 9.23 Å². The second-order valence-electron chi connectivity index (χ2n) is 9.80. The van der Waals surface area contributed by atoms with Gasteiger partial charge in [-0.3, -0.25) is 0 Å². The van der Waals surface area contributed by atoms with E-state index < -0.39 is 52.4 Å². The van der Waals surface area contributed by atoms with Crippen LogP contribution < -0.4 is 4.74 Å². The summed E-state index contributed by atoms with van der Waals surface area (Å²) in [5.74, 6) is -8.24. The van der Waals surface area contributed by atoms with Crippen molar-refractivity contribution in [3.8, 4) is 16.9 Å². The van der Waals surface area contributed by atoms with E-state index in [1.807, 2.05) is 0 Å². The third-order valence-electron chi connectivity index (χ3n) is 7.18. The van der Waals surface area contributed by atoms with Gasteiger partial charge in [0, 0.05) is 17.7 Å². The van der Waals surface area contributed by atoms with Crippen molar-refractivity contribution < 1.29 is 44.3 Å². The predicted octanol–water partition coefficient (Wildman–Crippen LogP) is 10.1. The smallest absolute Gasteiger partial charge is 0.429 e. The van der Waals surface area contributed by atoms with Crippen molar-refractivity contribution >= 4 is 0 Å². The molecule has 0 spiro atoms. The minimum atomic E-state index is -5.42. The summed E-state index contributed by atoms with van der Waals surface area (Å²) in [6, 6.07) is 7.99. The van der Waals surface area contributed by atoms with Gasteiger partial charge in [-0.1, -0.05) is 50.1 Å². The van der Waals surface area contributed by atoms with Crippen molar-refractivity contribution in [3.05, 3.63) is 88.5 Å². The van der Waals surface area contributed by atoms with E-state index >= 15 is 0 Å². The van der Waals surface area contributed by atoms with E-state index in [9.17, 15) is 39.5 Å². The zero-order chi connectivity index (χ0) is 28.5. The Morgan fingerprint density at radius 2 is 1.36 bits per heavy atom. The lowest BCUT2D eigenvalue weighted by Crippen LogP contribution is -2.24. The van der Waals surface area contributed by atoms with E-state index in [0.717, 1.165) is 49.7 Å². The van der Waals surface area contributed by atoms with E-state index in [0.29, 0.717) is 12.0 Å². The Hall–Kier alpha value is -3.17. The fourth-order valence-corrected chi connectivity index (χ4v) is 5.21. The second kappa shape index (κ2) is 11.1. The molecule has 1 aliphatic rings. The maximum Gasteiger partial charge on any atom is 0.429 e. The lowest BCUT2D eigenvalue weighted by Gasteiger charge is -2.28. The first kappa shape index (κ1) is 28.8. The molecule has 0 bridgehead atoms. The molecule has 210 valence electrons. The molecule has 3 aromatic rings. The van der Waals surface area contributed by atoms with Gasteiger partial charge < -0.3 is 4.74 Å². The van der Waals surface area contributed by atoms with Gasteiger partial charge in [-0.05, 0) is 54.7 Å². The highest BCUT2D eigenvalue weighted by molar-refractivity contribution is 5.65. The van der Waals surface area contributed by atoms with E-state index in [2.05, 4.69) is 11.7 Å². The largest absolute Gasteiger partial charge is 0.429 e. The summed E-state index contributed by atoms with van der Waals surface area (Å²) in [7, 11) is 0. The van der Waals surface area contributed by atoms with Crippen LogP contribution in [0.4, 0.5) is 39.5 Å². The molecule has 0 unspecified atom stereocenters. The van der Waals surface area contributed by atoms with Crippen LogP contribution in [0.2, 0.25) is 0 Å². The lowest BCUT2D eigenvalue weighted by atomic mass is 9.77. The average molecular weight is 560 g/mol. The van der Waals surface area contributed by atoms with Crippen molar-refractivity contribution in [1.29, 1.82) is 0 Å². The van der Waals surface area contributed by atoms with Gasteiger partial charge in [0.05, 0.1) is 0 Å². The monoisotopic (exact) mass is 560 g/mol. The number of benzene rings is 3. The number of rotatable bonds is 7. The molecular formula is C29H25F9O. The van der Waals surface area contributed by atoms with Crippen LogP contribution in [0.5, 0.6) is 5.75 Å². The molecule has 0 aromatic heterocycles. The van der Waals surface area contributed by atoms with E-state index in [-0.39, 0.29) is 23.3 Å². The molecule has 0 atom stereocenters. The highest BCUT2D eigenvalue weighted by Crippen LogP contribution is 2.41. The molecule has 0 amide bonds. The summed E-state index contributed by atoms with van der Waals surface area (Å²) >= 11 is 0.